The normalized spacial score (nSPS) is 26.1. The lowest BCUT2D eigenvalue weighted by molar-refractivity contribution is -0.131. The van der Waals surface area contributed by atoms with Crippen LogP contribution in [0.25, 0.3) is 0 Å². The number of nitrogens with one attached hydrogen (secondary N) is 2. The molecule has 1 unspecified atom stereocenters. The van der Waals surface area contributed by atoms with Gasteiger partial charge in [-0.3, -0.25) is 19.7 Å². The Kier molecular flexibility index (Phi) is 1.70. The smallest absolute Gasteiger partial charge is 0.247 e. The van der Waals surface area contributed by atoms with Crippen molar-refractivity contribution in [1.82, 2.24) is 5.32 Å². The van der Waals surface area contributed by atoms with Crippen LogP contribution >= 0.6 is 0 Å². The summed E-state index contributed by atoms with van der Waals surface area (Å²) in [5.74, 6) is -2.35. The summed E-state index contributed by atoms with van der Waals surface area (Å²) < 4.78 is 13.2. The van der Waals surface area contributed by atoms with Crippen LogP contribution in [-0.4, -0.2) is 17.7 Å². The van der Waals surface area contributed by atoms with Gasteiger partial charge in [0.1, 0.15) is 5.82 Å². The highest BCUT2D eigenvalue weighted by Gasteiger charge is 2.58. The summed E-state index contributed by atoms with van der Waals surface area (Å²) in [4.78, 5) is 34.9. The summed E-state index contributed by atoms with van der Waals surface area (Å²) in [6.07, 6.45) is -0.270. The van der Waals surface area contributed by atoms with Gasteiger partial charge in [-0.05, 0) is 18.2 Å². The van der Waals surface area contributed by atoms with E-state index in [9.17, 15) is 18.8 Å². The summed E-state index contributed by atoms with van der Waals surface area (Å²) in [6, 6.07) is 3.69. The quantitative estimate of drug-likeness (QED) is 0.492. The largest absolute Gasteiger partial charge is 0.325 e. The van der Waals surface area contributed by atoms with Crippen molar-refractivity contribution < 1.29 is 18.8 Å². The van der Waals surface area contributed by atoms with Crippen LogP contribution in [0.3, 0.4) is 0 Å². The Bertz CT molecular complexity index is 584. The van der Waals surface area contributed by atoms with Gasteiger partial charge >= 0.3 is 0 Å². The van der Waals surface area contributed by atoms with Crippen LogP contribution < -0.4 is 10.6 Å². The van der Waals surface area contributed by atoms with E-state index in [1.807, 2.05) is 0 Å². The average Bonchev–Trinajstić information content (AvgIpc) is 2.70. The number of imide groups is 1. The molecule has 0 aliphatic carbocycles. The molecule has 1 aromatic rings. The maximum Gasteiger partial charge on any atom is 0.247 e. The number of rotatable bonds is 0. The highest BCUT2D eigenvalue weighted by atomic mass is 19.1. The van der Waals surface area contributed by atoms with E-state index in [-0.39, 0.29) is 12.0 Å². The van der Waals surface area contributed by atoms with E-state index in [2.05, 4.69) is 10.6 Å². The number of hydrogen-bond donors (Lipinski definition) is 2. The molecule has 86 valence electrons. The molecule has 3 rings (SSSR count). The zero-order valence-corrected chi connectivity index (χ0v) is 8.54. The van der Waals surface area contributed by atoms with Crippen molar-refractivity contribution in [3.63, 3.8) is 0 Å². The van der Waals surface area contributed by atoms with Crippen LogP contribution in [0, 0.1) is 5.82 Å². The standard InChI is InChI=1S/C11H7FN2O3/c12-5-1-2-7-6(3-5)11(9(16)13-7)4-8(15)14-10(11)17/h1-3H,4H2,(H,13,16)(H,14,15,17). The van der Waals surface area contributed by atoms with E-state index in [0.717, 1.165) is 6.07 Å². The van der Waals surface area contributed by atoms with Crippen LogP contribution in [0.2, 0.25) is 0 Å². The molecule has 2 N–H and O–H groups in total. The second-order valence-corrected chi connectivity index (χ2v) is 4.10. The predicted octanol–water partition coefficient (Wildman–Crippen LogP) is 0.0621. The van der Waals surface area contributed by atoms with Crippen LogP contribution in [0.15, 0.2) is 18.2 Å². The molecule has 1 spiro atoms. The van der Waals surface area contributed by atoms with Gasteiger partial charge in [0, 0.05) is 11.3 Å². The molecule has 5 nitrogen and oxygen atoms in total. The van der Waals surface area contributed by atoms with Crippen LogP contribution in [-0.2, 0) is 19.8 Å². The minimum Gasteiger partial charge on any atom is -0.325 e. The van der Waals surface area contributed by atoms with Crippen LogP contribution in [0.4, 0.5) is 10.1 Å². The minimum absolute atomic E-state index is 0.228. The molecular formula is C11H7FN2O3. The number of benzene rings is 1. The van der Waals surface area contributed by atoms with Crippen molar-refractivity contribution in [1.29, 1.82) is 0 Å². The Morgan fingerprint density at radius 2 is 1.82 bits per heavy atom. The number of hydrogen-bond acceptors (Lipinski definition) is 3. The lowest BCUT2D eigenvalue weighted by Crippen LogP contribution is -2.41. The minimum atomic E-state index is -1.59. The van der Waals surface area contributed by atoms with Gasteiger partial charge in [0.05, 0.1) is 6.42 Å². The summed E-state index contributed by atoms with van der Waals surface area (Å²) in [5.41, 5.74) is -0.985. The van der Waals surface area contributed by atoms with Gasteiger partial charge in [-0.2, -0.15) is 0 Å². The maximum absolute atomic E-state index is 13.2. The summed E-state index contributed by atoms with van der Waals surface area (Å²) >= 11 is 0. The lowest BCUT2D eigenvalue weighted by Gasteiger charge is -2.15. The van der Waals surface area contributed by atoms with E-state index in [1.54, 1.807) is 0 Å². The van der Waals surface area contributed by atoms with Crippen LogP contribution in [0.5, 0.6) is 0 Å². The number of halogens is 1. The van der Waals surface area contributed by atoms with Gasteiger partial charge in [-0.25, -0.2) is 4.39 Å². The van der Waals surface area contributed by atoms with Crippen molar-refractivity contribution >= 4 is 23.4 Å². The SMILES string of the molecule is O=C1CC2(C(=O)N1)C(=O)Nc1ccc(F)cc12. The molecule has 1 fully saturated rings. The fraction of sp³-hybridized carbons (Fsp3) is 0.182. The molecule has 1 saturated heterocycles. The topological polar surface area (TPSA) is 75.3 Å². The predicted molar refractivity (Wildman–Crippen MR) is 54.5 cm³/mol. The Morgan fingerprint density at radius 1 is 1.12 bits per heavy atom. The number of carbonyl (C=O) groups excluding carboxylic acids is 3. The first-order chi connectivity index (χ1) is 8.04. The molecule has 1 atom stereocenters. The van der Waals surface area contributed by atoms with E-state index >= 15 is 0 Å². The van der Waals surface area contributed by atoms with Crippen molar-refractivity contribution in [3.8, 4) is 0 Å². The highest BCUT2D eigenvalue weighted by molar-refractivity contribution is 6.27. The molecule has 2 aliphatic rings. The molecule has 0 saturated carbocycles. The first-order valence-electron chi connectivity index (χ1n) is 5.00. The molecule has 2 heterocycles. The first-order valence-corrected chi connectivity index (χ1v) is 5.00. The molecule has 0 radical (unpaired) electrons. The van der Waals surface area contributed by atoms with Crippen molar-refractivity contribution in [2.45, 2.75) is 11.8 Å². The number of carbonyl (C=O) groups is 3. The zero-order chi connectivity index (χ0) is 12.2. The highest BCUT2D eigenvalue weighted by Crippen LogP contribution is 2.43. The average molecular weight is 234 g/mol. The van der Waals surface area contributed by atoms with Gasteiger partial charge < -0.3 is 5.32 Å². The summed E-state index contributed by atoms with van der Waals surface area (Å²) in [5, 5.41) is 4.57. The van der Waals surface area contributed by atoms with E-state index < -0.39 is 29.0 Å². The Labute approximate surface area is 95.0 Å². The molecule has 17 heavy (non-hydrogen) atoms. The third kappa shape index (κ3) is 1.09. The molecule has 3 amide bonds. The monoisotopic (exact) mass is 234 g/mol. The van der Waals surface area contributed by atoms with Crippen molar-refractivity contribution in [2.75, 3.05) is 5.32 Å². The fourth-order valence-electron chi connectivity index (χ4n) is 2.33. The maximum atomic E-state index is 13.2. The number of amides is 3. The summed E-state index contributed by atoms with van der Waals surface area (Å²) in [6.45, 7) is 0. The van der Waals surface area contributed by atoms with E-state index in [1.165, 1.54) is 12.1 Å². The van der Waals surface area contributed by atoms with E-state index in [0.29, 0.717) is 5.69 Å². The van der Waals surface area contributed by atoms with Gasteiger partial charge in [-0.15, -0.1) is 0 Å². The zero-order valence-electron chi connectivity index (χ0n) is 8.54. The van der Waals surface area contributed by atoms with Gasteiger partial charge in [0.2, 0.25) is 17.7 Å². The van der Waals surface area contributed by atoms with Gasteiger partial charge in [0.25, 0.3) is 0 Å². The first kappa shape index (κ1) is 9.95. The Balaban J connectivity index is 2.26. The molecule has 0 bridgehead atoms. The lowest BCUT2D eigenvalue weighted by atomic mass is 9.80. The molecule has 1 aromatic carbocycles. The van der Waals surface area contributed by atoms with Crippen molar-refractivity contribution in [3.05, 3.63) is 29.6 Å². The molecule has 0 aromatic heterocycles. The second-order valence-electron chi connectivity index (χ2n) is 4.10. The Morgan fingerprint density at radius 3 is 2.47 bits per heavy atom. The number of fused-ring (bicyclic) bond motifs is 2. The van der Waals surface area contributed by atoms with E-state index in [4.69, 9.17) is 0 Å². The molecule has 6 heteroatoms. The third-order valence-electron chi connectivity index (χ3n) is 3.14. The van der Waals surface area contributed by atoms with Gasteiger partial charge in [-0.1, -0.05) is 0 Å². The molecule has 2 aliphatic heterocycles. The van der Waals surface area contributed by atoms with Crippen molar-refractivity contribution in [2.24, 2.45) is 0 Å². The number of anilines is 1. The van der Waals surface area contributed by atoms with Crippen LogP contribution in [0.1, 0.15) is 12.0 Å². The fourth-order valence-corrected chi connectivity index (χ4v) is 2.33. The van der Waals surface area contributed by atoms with Gasteiger partial charge in [0.15, 0.2) is 5.41 Å². The molecular weight excluding hydrogens is 227 g/mol. The second kappa shape index (κ2) is 2.91. The Hall–Kier alpha value is -2.24. The third-order valence-corrected chi connectivity index (χ3v) is 3.14. The summed E-state index contributed by atoms with van der Waals surface area (Å²) in [7, 11) is 0.